The number of amides is 2. The molecule has 1 aliphatic heterocycles. The molecule has 7 nitrogen and oxygen atoms in total. The van der Waals surface area contributed by atoms with Gasteiger partial charge in [0.1, 0.15) is 6.04 Å². The number of benzene rings is 1. The number of anilines is 1. The molecule has 1 aromatic rings. The Labute approximate surface area is 147 Å². The van der Waals surface area contributed by atoms with Gasteiger partial charge < -0.3 is 19.7 Å². The van der Waals surface area contributed by atoms with Crippen molar-refractivity contribution in [2.24, 2.45) is 0 Å². The molecule has 0 aliphatic carbocycles. The zero-order valence-electron chi connectivity index (χ0n) is 15.2. The first-order valence-corrected chi connectivity index (χ1v) is 8.09. The normalized spacial score (nSPS) is 19.6. The molecule has 0 bridgehead atoms. The quantitative estimate of drug-likeness (QED) is 0.837. The van der Waals surface area contributed by atoms with E-state index in [1.807, 2.05) is 6.92 Å². The highest BCUT2D eigenvalue weighted by atomic mass is 16.5. The van der Waals surface area contributed by atoms with Gasteiger partial charge >= 0.3 is 5.97 Å². The van der Waals surface area contributed by atoms with Crippen molar-refractivity contribution in [2.75, 3.05) is 26.1 Å². The maximum atomic E-state index is 12.7. The molecule has 1 fully saturated rings. The van der Waals surface area contributed by atoms with Gasteiger partial charge in [0.2, 0.25) is 11.8 Å². The van der Waals surface area contributed by atoms with E-state index in [2.05, 4.69) is 5.32 Å². The Morgan fingerprint density at radius 1 is 1.16 bits per heavy atom. The van der Waals surface area contributed by atoms with Crippen molar-refractivity contribution < 1.29 is 23.9 Å². The van der Waals surface area contributed by atoms with Crippen molar-refractivity contribution in [3.63, 3.8) is 0 Å². The minimum Gasteiger partial charge on any atom is -0.465 e. The Morgan fingerprint density at radius 3 is 2.40 bits per heavy atom. The first-order valence-electron chi connectivity index (χ1n) is 8.09. The summed E-state index contributed by atoms with van der Waals surface area (Å²) in [6.07, 6.45) is 0.310. The van der Waals surface area contributed by atoms with Gasteiger partial charge in [0.25, 0.3) is 0 Å². The molecule has 2 amide bonds. The summed E-state index contributed by atoms with van der Waals surface area (Å²) in [7, 11) is 2.90. The summed E-state index contributed by atoms with van der Waals surface area (Å²) in [6, 6.07) is 2.73. The third kappa shape index (κ3) is 3.82. The van der Waals surface area contributed by atoms with Crippen molar-refractivity contribution in [3.05, 3.63) is 28.8 Å². The Hall–Kier alpha value is -2.41. The molecule has 2 rings (SSSR count). The number of hydrogen-bond donors (Lipinski definition) is 1. The number of ether oxygens (including phenoxy) is 2. The molecule has 0 unspecified atom stereocenters. The van der Waals surface area contributed by atoms with Crippen molar-refractivity contribution in [3.8, 4) is 0 Å². The van der Waals surface area contributed by atoms with Crippen LogP contribution >= 0.6 is 0 Å². The predicted molar refractivity (Wildman–Crippen MR) is 92.5 cm³/mol. The number of nitrogens with one attached hydrogen (secondary N) is 1. The van der Waals surface area contributed by atoms with Gasteiger partial charge in [0, 0.05) is 32.7 Å². The van der Waals surface area contributed by atoms with E-state index in [-0.39, 0.29) is 17.9 Å². The van der Waals surface area contributed by atoms with Crippen LogP contribution < -0.4 is 5.32 Å². The summed E-state index contributed by atoms with van der Waals surface area (Å²) in [4.78, 5) is 37.7. The van der Waals surface area contributed by atoms with Gasteiger partial charge in [-0.15, -0.1) is 0 Å². The standard InChI is InChI=1S/C18H24N2O5/c1-10-11(2)15(7-6-14(10)18(23)25-5)19-17(22)16-8-13(24-4)9-20(16)12(3)21/h6-7,13,16H,8-9H2,1-5H3,(H,19,22)/t13-,16+/m0/s1. The van der Waals surface area contributed by atoms with Crippen LogP contribution in [0.3, 0.4) is 0 Å². The summed E-state index contributed by atoms with van der Waals surface area (Å²) >= 11 is 0. The zero-order chi connectivity index (χ0) is 18.7. The number of methoxy groups -OCH3 is 2. The van der Waals surface area contributed by atoms with Gasteiger partial charge in [-0.05, 0) is 37.1 Å². The lowest BCUT2D eigenvalue weighted by molar-refractivity contribution is -0.134. The van der Waals surface area contributed by atoms with Crippen LogP contribution in [0.4, 0.5) is 5.69 Å². The third-order valence-corrected chi connectivity index (χ3v) is 4.75. The van der Waals surface area contributed by atoms with E-state index in [4.69, 9.17) is 9.47 Å². The minimum atomic E-state index is -0.567. The van der Waals surface area contributed by atoms with Crippen LogP contribution in [-0.4, -0.2) is 55.6 Å². The van der Waals surface area contributed by atoms with Crippen LogP contribution in [0.5, 0.6) is 0 Å². The van der Waals surface area contributed by atoms with Gasteiger partial charge in [-0.3, -0.25) is 9.59 Å². The van der Waals surface area contributed by atoms with E-state index in [0.717, 1.165) is 11.1 Å². The maximum Gasteiger partial charge on any atom is 0.338 e. The van der Waals surface area contributed by atoms with Crippen molar-refractivity contribution in [1.82, 2.24) is 4.90 Å². The highest BCUT2D eigenvalue weighted by Crippen LogP contribution is 2.25. The summed E-state index contributed by atoms with van der Waals surface area (Å²) in [5.74, 6) is -0.836. The fourth-order valence-corrected chi connectivity index (χ4v) is 3.07. The van der Waals surface area contributed by atoms with E-state index < -0.39 is 12.0 Å². The minimum absolute atomic E-state index is 0.149. The smallest absolute Gasteiger partial charge is 0.338 e. The third-order valence-electron chi connectivity index (χ3n) is 4.75. The fourth-order valence-electron chi connectivity index (χ4n) is 3.07. The lowest BCUT2D eigenvalue weighted by atomic mass is 10.0. The SMILES string of the molecule is COC(=O)c1ccc(NC(=O)[C@H]2C[C@H](OC)CN2C(C)=O)c(C)c1C. The number of esters is 1. The second kappa shape index (κ2) is 7.65. The van der Waals surface area contributed by atoms with Gasteiger partial charge in [0.15, 0.2) is 0 Å². The van der Waals surface area contributed by atoms with Crippen LogP contribution in [0.25, 0.3) is 0 Å². The molecule has 0 aromatic heterocycles. The maximum absolute atomic E-state index is 12.7. The Bertz CT molecular complexity index is 701. The van der Waals surface area contributed by atoms with Crippen LogP contribution in [-0.2, 0) is 19.1 Å². The van der Waals surface area contributed by atoms with Gasteiger partial charge in [-0.25, -0.2) is 4.79 Å². The lowest BCUT2D eigenvalue weighted by Gasteiger charge is -2.23. The fraction of sp³-hybridized carbons (Fsp3) is 0.500. The molecule has 1 N–H and O–H groups in total. The van der Waals surface area contributed by atoms with E-state index in [1.165, 1.54) is 18.9 Å². The average molecular weight is 348 g/mol. The average Bonchev–Trinajstić information content (AvgIpc) is 3.03. The number of hydrogen-bond acceptors (Lipinski definition) is 5. The van der Waals surface area contributed by atoms with E-state index in [0.29, 0.717) is 24.2 Å². The van der Waals surface area contributed by atoms with Crippen molar-refractivity contribution >= 4 is 23.5 Å². The zero-order valence-corrected chi connectivity index (χ0v) is 15.2. The summed E-state index contributed by atoms with van der Waals surface area (Å²) < 4.78 is 10.0. The summed E-state index contributed by atoms with van der Waals surface area (Å²) in [5, 5.41) is 2.87. The first kappa shape index (κ1) is 18.9. The van der Waals surface area contributed by atoms with Crippen LogP contribution in [0.2, 0.25) is 0 Å². The van der Waals surface area contributed by atoms with Crippen molar-refractivity contribution in [1.29, 1.82) is 0 Å². The molecule has 0 spiro atoms. The van der Waals surface area contributed by atoms with Crippen LogP contribution in [0.15, 0.2) is 12.1 Å². The predicted octanol–water partition coefficient (Wildman–Crippen LogP) is 1.66. The molecule has 1 heterocycles. The molecular weight excluding hydrogens is 324 g/mol. The highest BCUT2D eigenvalue weighted by Gasteiger charge is 2.38. The Morgan fingerprint density at radius 2 is 1.84 bits per heavy atom. The second-order valence-corrected chi connectivity index (χ2v) is 6.17. The molecule has 25 heavy (non-hydrogen) atoms. The molecule has 0 saturated carbocycles. The highest BCUT2D eigenvalue weighted by molar-refractivity contribution is 5.99. The first-order chi connectivity index (χ1) is 11.8. The van der Waals surface area contributed by atoms with E-state index >= 15 is 0 Å². The molecule has 0 radical (unpaired) electrons. The molecule has 1 aromatic carbocycles. The van der Waals surface area contributed by atoms with Crippen molar-refractivity contribution in [2.45, 2.75) is 39.3 Å². The number of rotatable bonds is 4. The van der Waals surface area contributed by atoms with Gasteiger partial charge in [-0.2, -0.15) is 0 Å². The van der Waals surface area contributed by atoms with Crippen LogP contribution in [0, 0.1) is 13.8 Å². The largest absolute Gasteiger partial charge is 0.465 e. The molecule has 2 atom stereocenters. The Balaban J connectivity index is 2.21. The lowest BCUT2D eigenvalue weighted by Crippen LogP contribution is -2.42. The van der Waals surface area contributed by atoms with E-state index in [9.17, 15) is 14.4 Å². The second-order valence-electron chi connectivity index (χ2n) is 6.17. The number of carbonyl (C=O) groups is 3. The topological polar surface area (TPSA) is 84.9 Å². The van der Waals surface area contributed by atoms with Gasteiger partial charge in [0.05, 0.1) is 18.8 Å². The molecule has 1 aliphatic rings. The monoisotopic (exact) mass is 348 g/mol. The Kier molecular flexibility index (Phi) is 5.79. The number of carbonyl (C=O) groups excluding carboxylic acids is 3. The molecular formula is C18H24N2O5. The molecule has 136 valence electrons. The van der Waals surface area contributed by atoms with E-state index in [1.54, 1.807) is 26.2 Å². The summed E-state index contributed by atoms with van der Waals surface area (Å²) in [6.45, 7) is 5.48. The number of nitrogens with zero attached hydrogens (tertiary/aromatic N) is 1. The molecule has 7 heteroatoms. The molecule has 1 saturated heterocycles. The van der Waals surface area contributed by atoms with Gasteiger partial charge in [-0.1, -0.05) is 0 Å². The summed E-state index contributed by atoms with van der Waals surface area (Å²) in [5.41, 5.74) is 2.60. The number of likely N-dealkylation sites (tertiary alicyclic amines) is 1. The van der Waals surface area contributed by atoms with Crippen LogP contribution in [0.1, 0.15) is 34.8 Å².